The molecule has 0 aliphatic carbocycles. The number of pyridine rings is 1. The molecule has 0 atom stereocenters. The molecule has 0 saturated heterocycles. The average Bonchev–Trinajstić information content (AvgIpc) is 2.51. The molecule has 2 amide bonds. The van der Waals surface area contributed by atoms with E-state index in [4.69, 9.17) is 5.73 Å². The van der Waals surface area contributed by atoms with Crippen molar-refractivity contribution in [1.29, 1.82) is 0 Å². The van der Waals surface area contributed by atoms with Crippen molar-refractivity contribution in [2.24, 2.45) is 5.73 Å². The van der Waals surface area contributed by atoms with Crippen molar-refractivity contribution in [2.45, 2.75) is 6.54 Å². The molecule has 0 aliphatic heterocycles. The van der Waals surface area contributed by atoms with Crippen molar-refractivity contribution in [3.8, 4) is 0 Å². The van der Waals surface area contributed by atoms with Crippen molar-refractivity contribution in [2.75, 3.05) is 5.32 Å². The van der Waals surface area contributed by atoms with E-state index >= 15 is 0 Å². The lowest BCUT2D eigenvalue weighted by Gasteiger charge is -2.09. The zero-order valence-electron chi connectivity index (χ0n) is 12.1. The number of carbonyl (C=O) groups excluding carboxylic acids is 2. The summed E-state index contributed by atoms with van der Waals surface area (Å²) in [4.78, 5) is 45.2. The van der Waals surface area contributed by atoms with Gasteiger partial charge in [0.15, 0.2) is 0 Å². The molecular weight excluding hydrogens is 323 g/mol. The SMILES string of the molecule is NC(=O)c1cc([N+](=O)[O-])cn(CC(=O)Nc2ccccc2F)c1=O. The highest BCUT2D eigenvalue weighted by molar-refractivity contribution is 5.93. The van der Waals surface area contributed by atoms with Gasteiger partial charge < -0.3 is 11.1 Å². The van der Waals surface area contributed by atoms with E-state index in [1.807, 2.05) is 0 Å². The van der Waals surface area contributed by atoms with Crippen LogP contribution in [-0.2, 0) is 11.3 Å². The van der Waals surface area contributed by atoms with Gasteiger partial charge in [-0.3, -0.25) is 29.1 Å². The quantitative estimate of drug-likeness (QED) is 0.610. The van der Waals surface area contributed by atoms with Gasteiger partial charge in [0.2, 0.25) is 5.91 Å². The van der Waals surface area contributed by atoms with E-state index in [0.29, 0.717) is 4.57 Å². The second kappa shape index (κ2) is 6.69. The van der Waals surface area contributed by atoms with Gasteiger partial charge in [0.25, 0.3) is 17.2 Å². The summed E-state index contributed by atoms with van der Waals surface area (Å²) in [5, 5.41) is 13.1. The Morgan fingerprint density at radius 2 is 2.00 bits per heavy atom. The second-order valence-corrected chi connectivity index (χ2v) is 4.69. The van der Waals surface area contributed by atoms with E-state index in [0.717, 1.165) is 18.3 Å². The first kappa shape index (κ1) is 16.8. The summed E-state index contributed by atoms with van der Waals surface area (Å²) >= 11 is 0. The lowest BCUT2D eigenvalue weighted by molar-refractivity contribution is -0.385. The summed E-state index contributed by atoms with van der Waals surface area (Å²) in [7, 11) is 0. The van der Waals surface area contributed by atoms with Crippen molar-refractivity contribution < 1.29 is 18.9 Å². The number of rotatable bonds is 5. The van der Waals surface area contributed by atoms with Crippen molar-refractivity contribution >= 4 is 23.2 Å². The van der Waals surface area contributed by atoms with Gasteiger partial charge in [-0.05, 0) is 12.1 Å². The van der Waals surface area contributed by atoms with Gasteiger partial charge in [0.1, 0.15) is 17.9 Å². The molecule has 124 valence electrons. The van der Waals surface area contributed by atoms with Gasteiger partial charge in [0, 0.05) is 6.07 Å². The molecule has 0 spiro atoms. The topological polar surface area (TPSA) is 137 Å². The first-order valence-corrected chi connectivity index (χ1v) is 6.52. The fourth-order valence-corrected chi connectivity index (χ4v) is 1.92. The number of hydrogen-bond acceptors (Lipinski definition) is 5. The van der Waals surface area contributed by atoms with Crippen LogP contribution < -0.4 is 16.6 Å². The van der Waals surface area contributed by atoms with Crippen LogP contribution in [0.4, 0.5) is 15.8 Å². The Balaban J connectivity index is 2.33. The zero-order valence-corrected chi connectivity index (χ0v) is 12.1. The summed E-state index contributed by atoms with van der Waals surface area (Å²) in [6, 6.07) is 6.08. The van der Waals surface area contributed by atoms with Gasteiger partial charge in [-0.15, -0.1) is 0 Å². The normalized spacial score (nSPS) is 10.2. The van der Waals surface area contributed by atoms with Crippen LogP contribution in [0, 0.1) is 15.9 Å². The Hall–Kier alpha value is -3.56. The minimum atomic E-state index is -1.16. The monoisotopic (exact) mass is 334 g/mol. The number of nitrogens with zero attached hydrogens (tertiary/aromatic N) is 2. The molecule has 9 nitrogen and oxygen atoms in total. The fraction of sp³-hybridized carbons (Fsp3) is 0.0714. The average molecular weight is 334 g/mol. The molecule has 2 aromatic rings. The van der Waals surface area contributed by atoms with Crippen molar-refractivity contribution in [3.63, 3.8) is 0 Å². The Kier molecular flexibility index (Phi) is 4.68. The molecule has 0 bridgehead atoms. The Morgan fingerprint density at radius 3 is 2.58 bits per heavy atom. The number of primary amides is 1. The number of aromatic nitrogens is 1. The fourth-order valence-electron chi connectivity index (χ4n) is 1.92. The highest BCUT2D eigenvalue weighted by Gasteiger charge is 2.19. The third-order valence-corrected chi connectivity index (χ3v) is 3.01. The first-order chi connectivity index (χ1) is 11.3. The summed E-state index contributed by atoms with van der Waals surface area (Å²) in [5.41, 5.74) is 2.72. The third-order valence-electron chi connectivity index (χ3n) is 3.01. The minimum absolute atomic E-state index is 0.115. The standard InChI is InChI=1S/C14H11FN4O5/c15-10-3-1-2-4-11(10)17-12(20)7-18-6-8(19(23)24)5-9(13(16)21)14(18)22/h1-6H,7H2,(H2,16,21)(H,17,20). The highest BCUT2D eigenvalue weighted by atomic mass is 19.1. The predicted octanol–water partition coefficient (Wildman–Crippen LogP) is 0.633. The number of benzene rings is 1. The van der Waals surface area contributed by atoms with Crippen LogP contribution in [-0.4, -0.2) is 21.3 Å². The number of amides is 2. The molecule has 2 rings (SSSR count). The smallest absolute Gasteiger partial charge is 0.286 e. The maximum atomic E-state index is 13.5. The number of nitrogens with two attached hydrogens (primary N) is 1. The van der Waals surface area contributed by atoms with Gasteiger partial charge in [-0.25, -0.2) is 4.39 Å². The molecule has 0 fully saturated rings. The summed E-state index contributed by atoms with van der Waals surface area (Å²) in [6.45, 7) is -0.658. The number of nitro groups is 1. The number of para-hydroxylation sites is 1. The minimum Gasteiger partial charge on any atom is -0.365 e. The maximum absolute atomic E-state index is 13.5. The van der Waals surface area contributed by atoms with E-state index in [-0.39, 0.29) is 5.69 Å². The number of anilines is 1. The van der Waals surface area contributed by atoms with Crippen LogP contribution in [0.25, 0.3) is 0 Å². The van der Waals surface area contributed by atoms with Crippen LogP contribution in [0.15, 0.2) is 41.3 Å². The number of hydrogen-bond donors (Lipinski definition) is 2. The molecule has 10 heteroatoms. The summed E-state index contributed by atoms with van der Waals surface area (Å²) in [6.07, 6.45) is 0.801. The second-order valence-electron chi connectivity index (χ2n) is 4.69. The molecule has 1 aromatic carbocycles. The summed E-state index contributed by atoms with van der Waals surface area (Å²) in [5.74, 6) is -2.65. The molecule has 1 aromatic heterocycles. The van der Waals surface area contributed by atoms with Crippen LogP contribution >= 0.6 is 0 Å². The third kappa shape index (κ3) is 3.61. The molecule has 1 heterocycles. The zero-order chi connectivity index (χ0) is 17.9. The van der Waals surface area contributed by atoms with Crippen LogP contribution in [0.5, 0.6) is 0 Å². The van der Waals surface area contributed by atoms with Crippen molar-refractivity contribution in [1.82, 2.24) is 4.57 Å². The highest BCUT2D eigenvalue weighted by Crippen LogP contribution is 2.13. The van der Waals surface area contributed by atoms with Gasteiger partial charge >= 0.3 is 0 Å². The molecule has 0 aliphatic rings. The number of halogens is 1. The number of carbonyl (C=O) groups is 2. The van der Waals surface area contributed by atoms with Gasteiger partial charge in [0.05, 0.1) is 16.8 Å². The van der Waals surface area contributed by atoms with E-state index in [1.165, 1.54) is 18.2 Å². The largest absolute Gasteiger partial charge is 0.365 e. The molecule has 0 radical (unpaired) electrons. The Bertz CT molecular complexity index is 893. The lowest BCUT2D eigenvalue weighted by atomic mass is 10.2. The Morgan fingerprint density at radius 1 is 1.33 bits per heavy atom. The van der Waals surface area contributed by atoms with E-state index < -0.39 is 45.9 Å². The predicted molar refractivity (Wildman–Crippen MR) is 80.9 cm³/mol. The van der Waals surface area contributed by atoms with E-state index in [9.17, 15) is 28.9 Å². The Labute approximate surface area is 133 Å². The van der Waals surface area contributed by atoms with Crippen LogP contribution in [0.2, 0.25) is 0 Å². The van der Waals surface area contributed by atoms with Gasteiger partial charge in [-0.1, -0.05) is 12.1 Å². The summed E-state index contributed by atoms with van der Waals surface area (Å²) < 4.78 is 14.1. The van der Waals surface area contributed by atoms with Crippen molar-refractivity contribution in [3.05, 3.63) is 68.4 Å². The van der Waals surface area contributed by atoms with Gasteiger partial charge in [-0.2, -0.15) is 0 Å². The maximum Gasteiger partial charge on any atom is 0.286 e. The van der Waals surface area contributed by atoms with E-state index in [1.54, 1.807) is 0 Å². The molecule has 24 heavy (non-hydrogen) atoms. The van der Waals surface area contributed by atoms with Crippen LogP contribution in [0.3, 0.4) is 0 Å². The first-order valence-electron chi connectivity index (χ1n) is 6.52. The lowest BCUT2D eigenvalue weighted by Crippen LogP contribution is -2.33. The van der Waals surface area contributed by atoms with E-state index in [2.05, 4.69) is 5.32 Å². The molecule has 0 unspecified atom stereocenters. The molecule has 3 N–H and O–H groups in total. The molecular formula is C14H11FN4O5. The number of nitrogens with one attached hydrogen (secondary N) is 1. The molecule has 0 saturated carbocycles. The van der Waals surface area contributed by atoms with Crippen LogP contribution in [0.1, 0.15) is 10.4 Å².